The molecule has 4 nitrogen and oxygen atoms in total. The van der Waals surface area contributed by atoms with Gasteiger partial charge in [-0.15, -0.1) is 0 Å². The molecule has 5 heteroatoms. The Kier molecular flexibility index (Phi) is 16.0. The number of methoxy groups -OCH3 is 1. The smallest absolute Gasteiger partial charge is 0.206 e. The van der Waals surface area contributed by atoms with Gasteiger partial charge in [0.2, 0.25) is 9.84 Å². The molecule has 0 atom stereocenters. The minimum absolute atomic E-state index is 0.188. The third-order valence-corrected chi connectivity index (χ3v) is 5.67. The van der Waals surface area contributed by atoms with Crippen molar-refractivity contribution in [2.75, 3.05) is 7.11 Å². The van der Waals surface area contributed by atoms with Gasteiger partial charge in [0.25, 0.3) is 0 Å². The van der Waals surface area contributed by atoms with Crippen molar-refractivity contribution in [3.05, 3.63) is 122 Å². The predicted octanol–water partition coefficient (Wildman–Crippen LogP) is 7.90. The number of hydrogen-bond donors (Lipinski definition) is 0. The molecule has 34 heavy (non-hydrogen) atoms. The molecule has 182 valence electrons. The summed E-state index contributed by atoms with van der Waals surface area (Å²) >= 11 is 0. The van der Waals surface area contributed by atoms with Crippen molar-refractivity contribution in [2.24, 2.45) is 0 Å². The topological polar surface area (TPSA) is 52.6 Å². The Balaban J connectivity index is 0.000000916. The molecule has 0 aromatic heterocycles. The summed E-state index contributed by atoms with van der Waals surface area (Å²) in [5.74, 6) is 1.64. The lowest BCUT2D eigenvalue weighted by molar-refractivity contribution is 0.414. The predicted molar refractivity (Wildman–Crippen MR) is 143 cm³/mol. The maximum Gasteiger partial charge on any atom is 0.206 e. The van der Waals surface area contributed by atoms with E-state index in [2.05, 4.69) is 13.2 Å². The van der Waals surface area contributed by atoms with Gasteiger partial charge in [-0.3, -0.25) is 0 Å². The molecule has 0 radical (unpaired) electrons. The van der Waals surface area contributed by atoms with Crippen LogP contribution in [0.25, 0.3) is 0 Å². The molecule has 0 aliphatic rings. The minimum Gasteiger partial charge on any atom is -0.497 e. The number of sulfone groups is 1. The van der Waals surface area contributed by atoms with Crippen LogP contribution in [0.15, 0.2) is 132 Å². The van der Waals surface area contributed by atoms with Crippen molar-refractivity contribution in [3.63, 3.8) is 0 Å². The highest BCUT2D eigenvalue weighted by molar-refractivity contribution is 7.91. The fraction of sp³-hybridized carbons (Fsp3) is 0.172. The average molecular weight is 481 g/mol. The van der Waals surface area contributed by atoms with Gasteiger partial charge < -0.3 is 9.47 Å². The highest BCUT2D eigenvalue weighted by atomic mass is 32.2. The van der Waals surface area contributed by atoms with E-state index in [4.69, 9.17) is 9.47 Å². The van der Waals surface area contributed by atoms with Crippen LogP contribution < -0.4 is 9.47 Å². The molecule has 3 aromatic carbocycles. The van der Waals surface area contributed by atoms with Crippen molar-refractivity contribution >= 4 is 9.84 Å². The van der Waals surface area contributed by atoms with Crippen LogP contribution >= 0.6 is 0 Å². The fourth-order valence-corrected chi connectivity index (χ4v) is 3.62. The van der Waals surface area contributed by atoms with E-state index in [9.17, 15) is 8.42 Å². The van der Waals surface area contributed by atoms with Gasteiger partial charge in [-0.05, 0) is 60.7 Å². The maximum atomic E-state index is 12.6. The second kappa shape index (κ2) is 17.9. The molecule has 0 fully saturated rings. The lowest BCUT2D eigenvalue weighted by Gasteiger charge is -2.08. The molecule has 3 aromatic rings. The van der Waals surface area contributed by atoms with Gasteiger partial charge in [0, 0.05) is 0 Å². The molecule has 0 heterocycles. The summed E-state index contributed by atoms with van der Waals surface area (Å²) in [4.78, 5) is 0.392. The van der Waals surface area contributed by atoms with Crippen LogP contribution in [0.1, 0.15) is 27.7 Å². The van der Waals surface area contributed by atoms with Crippen LogP contribution in [0.2, 0.25) is 0 Å². The van der Waals surface area contributed by atoms with E-state index in [1.807, 2.05) is 64.1 Å². The average Bonchev–Trinajstić information content (AvgIpc) is 2.92. The van der Waals surface area contributed by atoms with Gasteiger partial charge in [-0.2, -0.15) is 0 Å². The normalized spacial score (nSPS) is 9.97. The van der Waals surface area contributed by atoms with E-state index < -0.39 is 9.84 Å². The van der Waals surface area contributed by atoms with Crippen molar-refractivity contribution in [3.8, 4) is 11.5 Å². The first-order valence-corrected chi connectivity index (χ1v) is 12.6. The summed E-state index contributed by atoms with van der Waals surface area (Å²) in [6, 6.07) is 24.4. The van der Waals surface area contributed by atoms with E-state index in [1.54, 1.807) is 42.5 Å². The molecule has 0 spiro atoms. The molecule has 0 aliphatic carbocycles. The van der Waals surface area contributed by atoms with Gasteiger partial charge in [-0.25, -0.2) is 8.42 Å². The largest absolute Gasteiger partial charge is 0.497 e. The minimum atomic E-state index is -3.59. The summed E-state index contributed by atoms with van der Waals surface area (Å²) in [5, 5.41) is 0. The zero-order valence-electron chi connectivity index (χ0n) is 20.8. The van der Waals surface area contributed by atoms with Crippen molar-refractivity contribution in [1.29, 1.82) is 0 Å². The Morgan fingerprint density at radius 2 is 1.09 bits per heavy atom. The molecule has 0 bridgehead atoms. The molecule has 0 N–H and O–H groups in total. The Bertz CT molecular complexity index is 1040. The van der Waals surface area contributed by atoms with E-state index in [0.29, 0.717) is 17.3 Å². The Morgan fingerprint density at radius 3 is 1.41 bits per heavy atom. The monoisotopic (exact) mass is 480 g/mol. The standard InChI is InChI=1S/C19H18O4S.C6H6.2C2H6/c1-4-6-15(5-2)23-17-9-13-19(14-10-17)24(20,21)18-11-7-16(22-3)8-12-18;1-2-4-6-5-3-1;2*1-2/h4-14H,1-2H2,3H3;1-6H;2*1-2H3/b15-6+;;;. The van der Waals surface area contributed by atoms with Gasteiger partial charge in [0.1, 0.15) is 17.3 Å². The summed E-state index contributed by atoms with van der Waals surface area (Å²) in [7, 11) is -2.06. The molecule has 0 unspecified atom stereocenters. The Hall–Kier alpha value is -3.57. The lowest BCUT2D eigenvalue weighted by atomic mass is 10.3. The fourth-order valence-electron chi connectivity index (χ4n) is 2.36. The quantitative estimate of drug-likeness (QED) is 0.255. The van der Waals surface area contributed by atoms with Crippen LogP contribution in [0.5, 0.6) is 11.5 Å². The molecular weight excluding hydrogens is 444 g/mol. The lowest BCUT2D eigenvalue weighted by Crippen LogP contribution is -2.02. The highest BCUT2D eigenvalue weighted by Gasteiger charge is 2.17. The van der Waals surface area contributed by atoms with Crippen molar-refractivity contribution < 1.29 is 17.9 Å². The van der Waals surface area contributed by atoms with E-state index in [0.717, 1.165) is 0 Å². The van der Waals surface area contributed by atoms with Crippen molar-refractivity contribution in [1.82, 2.24) is 0 Å². The SMILES string of the molecule is C=C/C=C(\C=C)Oc1ccc(S(=O)(=O)c2ccc(OC)cc2)cc1.CC.CC.c1ccccc1. The van der Waals surface area contributed by atoms with E-state index in [-0.39, 0.29) is 9.79 Å². The van der Waals surface area contributed by atoms with Crippen LogP contribution in [-0.4, -0.2) is 15.5 Å². The van der Waals surface area contributed by atoms with Crippen molar-refractivity contribution in [2.45, 2.75) is 37.5 Å². The van der Waals surface area contributed by atoms with Gasteiger partial charge in [0.15, 0.2) is 0 Å². The van der Waals surface area contributed by atoms with Crippen LogP contribution in [0.4, 0.5) is 0 Å². The number of rotatable bonds is 7. The Labute approximate surface area is 205 Å². The first-order chi connectivity index (χ1) is 16.5. The van der Waals surface area contributed by atoms with E-state index >= 15 is 0 Å². The molecule has 0 amide bonds. The number of hydrogen-bond acceptors (Lipinski definition) is 4. The molecular formula is C29H36O4S. The second-order valence-electron chi connectivity index (χ2n) is 5.92. The summed E-state index contributed by atoms with van der Waals surface area (Å²) in [5.41, 5.74) is 0. The summed E-state index contributed by atoms with van der Waals surface area (Å²) in [6.45, 7) is 15.2. The number of benzene rings is 3. The third-order valence-electron chi connectivity index (χ3n) is 3.89. The first-order valence-electron chi connectivity index (χ1n) is 11.1. The van der Waals surface area contributed by atoms with Gasteiger partial charge >= 0.3 is 0 Å². The van der Waals surface area contributed by atoms with Crippen LogP contribution in [0.3, 0.4) is 0 Å². The third kappa shape index (κ3) is 10.4. The van der Waals surface area contributed by atoms with E-state index in [1.165, 1.54) is 31.4 Å². The molecule has 0 aliphatic heterocycles. The van der Waals surface area contributed by atoms with Crippen LogP contribution in [0, 0.1) is 0 Å². The molecule has 0 saturated heterocycles. The first kappa shape index (κ1) is 30.4. The van der Waals surface area contributed by atoms with Gasteiger partial charge in [-0.1, -0.05) is 83.3 Å². The summed E-state index contributed by atoms with van der Waals surface area (Å²) in [6.07, 6.45) is 4.79. The highest BCUT2D eigenvalue weighted by Crippen LogP contribution is 2.25. The van der Waals surface area contributed by atoms with Gasteiger partial charge in [0.05, 0.1) is 16.9 Å². The van der Waals surface area contributed by atoms with Crippen LogP contribution in [-0.2, 0) is 9.84 Å². The zero-order chi connectivity index (χ0) is 25.8. The maximum absolute atomic E-state index is 12.6. The summed E-state index contributed by atoms with van der Waals surface area (Å²) < 4.78 is 35.8. The molecule has 3 rings (SSSR count). The zero-order valence-corrected chi connectivity index (χ0v) is 21.6. The Morgan fingerprint density at radius 1 is 0.706 bits per heavy atom. The number of ether oxygens (including phenoxy) is 2. The number of allylic oxidation sites excluding steroid dienone is 3. The second-order valence-corrected chi connectivity index (χ2v) is 7.87. The molecule has 0 saturated carbocycles.